The number of aromatic nitrogens is 1. The molecule has 0 fully saturated rings. The third-order valence-corrected chi connectivity index (χ3v) is 2.49. The van der Waals surface area contributed by atoms with Crippen LogP contribution in [0.1, 0.15) is 38.3 Å². The summed E-state index contributed by atoms with van der Waals surface area (Å²) in [6.07, 6.45) is 5.81. The highest BCUT2D eigenvalue weighted by molar-refractivity contribution is 5.14. The lowest BCUT2D eigenvalue weighted by Gasteiger charge is -2.09. The predicted octanol–water partition coefficient (Wildman–Crippen LogP) is 2.46. The Hall–Kier alpha value is -1.27. The first-order valence-corrected chi connectivity index (χ1v) is 5.54. The van der Waals surface area contributed by atoms with Gasteiger partial charge in [0.2, 0.25) is 0 Å². The minimum Gasteiger partial charge on any atom is -0.354 e. The molecule has 82 valence electrons. The largest absolute Gasteiger partial charge is 0.354 e. The Labute approximate surface area is 91.7 Å². The molecule has 1 aromatic heterocycles. The molecule has 0 amide bonds. The number of hydrogen-bond donors (Lipinski definition) is 1. The van der Waals surface area contributed by atoms with E-state index in [1.807, 2.05) is 0 Å². The molecule has 3 heteroatoms. The van der Waals surface area contributed by atoms with E-state index in [2.05, 4.69) is 48.3 Å². The first-order valence-electron chi connectivity index (χ1n) is 5.54. The molecule has 1 unspecified atom stereocenters. The second kappa shape index (κ2) is 6.26. The summed E-state index contributed by atoms with van der Waals surface area (Å²) in [5.41, 5.74) is 1.31. The van der Waals surface area contributed by atoms with Crippen LogP contribution in [-0.4, -0.2) is 11.1 Å². The Kier molecular flexibility index (Phi) is 4.92. The number of rotatable bonds is 6. The SMILES string of the molecule is CCNC(C)c1ccn(CCCC#N)c1. The van der Waals surface area contributed by atoms with Gasteiger partial charge in [0.05, 0.1) is 6.07 Å². The maximum absolute atomic E-state index is 8.44. The summed E-state index contributed by atoms with van der Waals surface area (Å²) in [7, 11) is 0. The Morgan fingerprint density at radius 1 is 1.60 bits per heavy atom. The summed E-state index contributed by atoms with van der Waals surface area (Å²) in [5, 5.41) is 11.8. The first-order chi connectivity index (χ1) is 7.27. The maximum atomic E-state index is 8.44. The maximum Gasteiger partial charge on any atom is 0.0622 e. The highest BCUT2D eigenvalue weighted by Gasteiger charge is 2.04. The van der Waals surface area contributed by atoms with Crippen LogP contribution in [0.3, 0.4) is 0 Å². The average Bonchev–Trinajstić information content (AvgIpc) is 2.67. The fourth-order valence-corrected chi connectivity index (χ4v) is 1.62. The lowest BCUT2D eigenvalue weighted by atomic mass is 10.2. The zero-order valence-corrected chi connectivity index (χ0v) is 9.53. The molecule has 3 nitrogen and oxygen atoms in total. The minimum atomic E-state index is 0.409. The molecule has 0 aliphatic rings. The molecule has 1 N–H and O–H groups in total. The van der Waals surface area contributed by atoms with Crippen molar-refractivity contribution in [1.82, 2.24) is 9.88 Å². The Balaban J connectivity index is 2.45. The molecule has 0 radical (unpaired) electrons. The van der Waals surface area contributed by atoms with Crippen LogP contribution in [0.5, 0.6) is 0 Å². The summed E-state index contributed by atoms with van der Waals surface area (Å²) in [6.45, 7) is 6.20. The van der Waals surface area contributed by atoms with Crippen molar-refractivity contribution >= 4 is 0 Å². The molecule has 0 spiro atoms. The number of aryl methyl sites for hydroxylation is 1. The quantitative estimate of drug-likeness (QED) is 0.725. The van der Waals surface area contributed by atoms with Gasteiger partial charge in [0.15, 0.2) is 0 Å². The van der Waals surface area contributed by atoms with Crippen molar-refractivity contribution in [2.75, 3.05) is 6.54 Å². The number of unbranched alkanes of at least 4 members (excludes halogenated alkanes) is 1. The van der Waals surface area contributed by atoms with Crippen LogP contribution in [0, 0.1) is 11.3 Å². The van der Waals surface area contributed by atoms with E-state index in [1.165, 1.54) is 5.56 Å². The van der Waals surface area contributed by atoms with Crippen LogP contribution in [0.4, 0.5) is 0 Å². The molecule has 0 saturated heterocycles. The number of nitriles is 1. The van der Waals surface area contributed by atoms with E-state index in [0.29, 0.717) is 12.5 Å². The molecule has 0 aliphatic carbocycles. The van der Waals surface area contributed by atoms with Crippen molar-refractivity contribution in [3.8, 4) is 6.07 Å². The normalized spacial score (nSPS) is 12.3. The van der Waals surface area contributed by atoms with Crippen LogP contribution in [0.25, 0.3) is 0 Å². The van der Waals surface area contributed by atoms with Gasteiger partial charge in [-0.15, -0.1) is 0 Å². The summed E-state index contributed by atoms with van der Waals surface area (Å²) in [4.78, 5) is 0. The van der Waals surface area contributed by atoms with Gasteiger partial charge in [0.25, 0.3) is 0 Å². The summed E-state index contributed by atoms with van der Waals surface area (Å²) in [5.74, 6) is 0. The molecule has 1 rings (SSSR count). The van der Waals surface area contributed by atoms with Crippen LogP contribution in [-0.2, 0) is 6.54 Å². The Bertz CT molecular complexity index is 322. The molecule has 1 atom stereocenters. The van der Waals surface area contributed by atoms with Crippen molar-refractivity contribution in [3.05, 3.63) is 24.0 Å². The van der Waals surface area contributed by atoms with E-state index in [4.69, 9.17) is 5.26 Å². The number of nitrogens with one attached hydrogen (secondary N) is 1. The van der Waals surface area contributed by atoms with Gasteiger partial charge in [0.1, 0.15) is 0 Å². The molecular weight excluding hydrogens is 186 g/mol. The first kappa shape index (κ1) is 11.8. The van der Waals surface area contributed by atoms with Crippen molar-refractivity contribution < 1.29 is 0 Å². The summed E-state index contributed by atoms with van der Waals surface area (Å²) < 4.78 is 2.15. The molecule has 0 bridgehead atoms. The second-order valence-electron chi connectivity index (χ2n) is 3.72. The van der Waals surface area contributed by atoms with Crippen molar-refractivity contribution in [1.29, 1.82) is 5.26 Å². The van der Waals surface area contributed by atoms with E-state index < -0.39 is 0 Å². The topological polar surface area (TPSA) is 40.8 Å². The molecule has 0 aromatic carbocycles. The van der Waals surface area contributed by atoms with Gasteiger partial charge >= 0.3 is 0 Å². The smallest absolute Gasteiger partial charge is 0.0622 e. The second-order valence-corrected chi connectivity index (χ2v) is 3.72. The molecular formula is C12H19N3. The molecule has 0 saturated carbocycles. The molecule has 0 aliphatic heterocycles. The van der Waals surface area contributed by atoms with Crippen molar-refractivity contribution in [2.45, 2.75) is 39.3 Å². The zero-order valence-electron chi connectivity index (χ0n) is 9.53. The van der Waals surface area contributed by atoms with Crippen LogP contribution in [0.15, 0.2) is 18.5 Å². The zero-order chi connectivity index (χ0) is 11.1. The van der Waals surface area contributed by atoms with Gasteiger partial charge in [-0.1, -0.05) is 6.92 Å². The van der Waals surface area contributed by atoms with Gasteiger partial charge in [-0.05, 0) is 31.5 Å². The van der Waals surface area contributed by atoms with E-state index >= 15 is 0 Å². The summed E-state index contributed by atoms with van der Waals surface area (Å²) in [6, 6.07) is 4.71. The minimum absolute atomic E-state index is 0.409. The fourth-order valence-electron chi connectivity index (χ4n) is 1.62. The third-order valence-electron chi connectivity index (χ3n) is 2.49. The fraction of sp³-hybridized carbons (Fsp3) is 0.583. The van der Waals surface area contributed by atoms with Gasteiger partial charge in [-0.25, -0.2) is 0 Å². The van der Waals surface area contributed by atoms with Crippen molar-refractivity contribution in [3.63, 3.8) is 0 Å². The van der Waals surface area contributed by atoms with Crippen LogP contribution in [0.2, 0.25) is 0 Å². The van der Waals surface area contributed by atoms with E-state index in [9.17, 15) is 0 Å². The van der Waals surface area contributed by atoms with Crippen molar-refractivity contribution in [2.24, 2.45) is 0 Å². The van der Waals surface area contributed by atoms with E-state index in [0.717, 1.165) is 19.5 Å². The van der Waals surface area contributed by atoms with Crippen LogP contribution < -0.4 is 5.32 Å². The number of hydrogen-bond acceptors (Lipinski definition) is 2. The lowest BCUT2D eigenvalue weighted by molar-refractivity contribution is 0.592. The molecule has 1 heterocycles. The Morgan fingerprint density at radius 3 is 3.07 bits per heavy atom. The highest BCUT2D eigenvalue weighted by Crippen LogP contribution is 2.12. The van der Waals surface area contributed by atoms with Crippen LogP contribution >= 0.6 is 0 Å². The van der Waals surface area contributed by atoms with E-state index in [-0.39, 0.29) is 0 Å². The number of nitrogens with zero attached hydrogens (tertiary/aromatic N) is 2. The van der Waals surface area contributed by atoms with Gasteiger partial charge in [0, 0.05) is 31.4 Å². The lowest BCUT2D eigenvalue weighted by Crippen LogP contribution is -2.17. The van der Waals surface area contributed by atoms with Gasteiger partial charge in [-0.2, -0.15) is 5.26 Å². The average molecular weight is 205 g/mol. The van der Waals surface area contributed by atoms with E-state index in [1.54, 1.807) is 0 Å². The Morgan fingerprint density at radius 2 is 2.40 bits per heavy atom. The monoisotopic (exact) mass is 205 g/mol. The van der Waals surface area contributed by atoms with Gasteiger partial charge in [-0.3, -0.25) is 0 Å². The molecule has 1 aromatic rings. The molecule has 15 heavy (non-hydrogen) atoms. The van der Waals surface area contributed by atoms with Gasteiger partial charge < -0.3 is 9.88 Å². The standard InChI is InChI=1S/C12H19N3/c1-3-14-11(2)12-6-9-15(10-12)8-5-4-7-13/h6,9-11,14H,3-5,8H2,1-2H3. The highest BCUT2D eigenvalue weighted by atomic mass is 15.0. The predicted molar refractivity (Wildman–Crippen MR) is 61.4 cm³/mol. The third kappa shape index (κ3) is 3.77. The summed E-state index contributed by atoms with van der Waals surface area (Å²) >= 11 is 0.